The number of hydrogen-bond donors (Lipinski definition) is 3. The zero-order chi connectivity index (χ0) is 27.2. The molecule has 3 unspecified atom stereocenters. The fourth-order valence-electron chi connectivity index (χ4n) is 4.68. The SMILES string of the molecule is CC1=C(c2nc3c(OCCNS(C)(=O)=O)cccc3o2)C(=O)N2NC(C(F)(F)F)C(c3ccccc3)C2N1. The zero-order valence-corrected chi connectivity index (χ0v) is 21.1. The van der Waals surface area contributed by atoms with Gasteiger partial charge in [0, 0.05) is 12.2 Å². The second kappa shape index (κ2) is 9.60. The smallest absolute Gasteiger partial charge is 0.406 e. The predicted octanol–water partition coefficient (Wildman–Crippen LogP) is 2.48. The van der Waals surface area contributed by atoms with Gasteiger partial charge < -0.3 is 14.5 Å². The third-order valence-electron chi connectivity index (χ3n) is 6.28. The number of amides is 1. The number of hydrazine groups is 1. The summed E-state index contributed by atoms with van der Waals surface area (Å²) in [5, 5.41) is 3.99. The zero-order valence-electron chi connectivity index (χ0n) is 20.2. The molecule has 0 saturated carbocycles. The molecule has 3 heterocycles. The highest BCUT2D eigenvalue weighted by atomic mass is 32.2. The quantitative estimate of drug-likeness (QED) is 0.383. The van der Waals surface area contributed by atoms with Crippen LogP contribution < -0.4 is 20.2 Å². The van der Waals surface area contributed by atoms with E-state index in [2.05, 4.69) is 20.4 Å². The maximum Gasteiger partial charge on any atom is 0.406 e. The second-order valence-corrected chi connectivity index (χ2v) is 10.8. The molecule has 0 radical (unpaired) electrons. The van der Waals surface area contributed by atoms with Crippen molar-refractivity contribution >= 4 is 32.6 Å². The van der Waals surface area contributed by atoms with Crippen molar-refractivity contribution in [2.45, 2.75) is 31.2 Å². The van der Waals surface area contributed by atoms with Crippen molar-refractivity contribution in [1.82, 2.24) is 25.5 Å². The second-order valence-electron chi connectivity index (χ2n) is 8.99. The van der Waals surface area contributed by atoms with E-state index < -0.39 is 40.2 Å². The number of allylic oxidation sites excluding steroid dienone is 1. The van der Waals surface area contributed by atoms with Crippen LogP contribution in [0.2, 0.25) is 0 Å². The number of fused-ring (bicyclic) bond motifs is 2. The highest BCUT2D eigenvalue weighted by molar-refractivity contribution is 7.88. The van der Waals surface area contributed by atoms with Gasteiger partial charge in [-0.1, -0.05) is 36.4 Å². The molecule has 2 aliphatic rings. The number of nitrogens with zero attached hydrogens (tertiary/aromatic N) is 2. The molecule has 1 saturated heterocycles. The van der Waals surface area contributed by atoms with Gasteiger partial charge in [-0.25, -0.2) is 28.6 Å². The van der Waals surface area contributed by atoms with Crippen molar-refractivity contribution in [3.05, 3.63) is 65.7 Å². The molecule has 14 heteroatoms. The Kier molecular flexibility index (Phi) is 6.57. The summed E-state index contributed by atoms with van der Waals surface area (Å²) in [5.41, 5.74) is 3.64. The molecule has 0 bridgehead atoms. The molecule has 2 aromatic carbocycles. The highest BCUT2D eigenvalue weighted by Crippen LogP contribution is 2.42. The summed E-state index contributed by atoms with van der Waals surface area (Å²) in [6, 6.07) is 11.1. The number of sulfonamides is 1. The van der Waals surface area contributed by atoms with Crippen LogP contribution in [0.4, 0.5) is 13.2 Å². The Morgan fingerprint density at radius 1 is 1.16 bits per heavy atom. The number of ether oxygens (including phenoxy) is 1. The summed E-state index contributed by atoms with van der Waals surface area (Å²) in [7, 11) is -3.38. The number of hydrogen-bond acceptors (Lipinski definition) is 8. The first-order valence-corrected chi connectivity index (χ1v) is 13.5. The lowest BCUT2D eigenvalue weighted by molar-refractivity contribution is -0.161. The first kappa shape index (κ1) is 26.0. The normalized spacial score (nSPS) is 22.1. The van der Waals surface area contributed by atoms with Crippen molar-refractivity contribution in [3.8, 4) is 5.75 Å². The molecular formula is C24H24F3N5O5S. The Bertz CT molecular complexity index is 1510. The summed E-state index contributed by atoms with van der Waals surface area (Å²) in [6.45, 7) is 1.61. The van der Waals surface area contributed by atoms with E-state index in [1.807, 2.05) is 0 Å². The molecule has 10 nitrogen and oxygen atoms in total. The number of aromatic nitrogens is 1. The van der Waals surface area contributed by atoms with Gasteiger partial charge in [0.25, 0.3) is 5.91 Å². The molecule has 2 aliphatic heterocycles. The maximum atomic E-state index is 14.0. The number of benzene rings is 2. The number of halogens is 3. The van der Waals surface area contributed by atoms with E-state index in [-0.39, 0.29) is 35.7 Å². The summed E-state index contributed by atoms with van der Waals surface area (Å²) in [4.78, 5) is 17.9. The first-order chi connectivity index (χ1) is 17.9. The molecule has 3 atom stereocenters. The molecule has 1 fully saturated rings. The van der Waals surface area contributed by atoms with Crippen molar-refractivity contribution in [1.29, 1.82) is 0 Å². The number of carbonyl (C=O) groups excluding carboxylic acids is 1. The summed E-state index contributed by atoms with van der Waals surface area (Å²) in [6.07, 6.45) is -4.59. The number of nitrogens with one attached hydrogen (secondary N) is 3. The Morgan fingerprint density at radius 2 is 1.89 bits per heavy atom. The summed E-state index contributed by atoms with van der Waals surface area (Å²) < 4.78 is 78.3. The third-order valence-corrected chi connectivity index (χ3v) is 7.01. The monoisotopic (exact) mass is 551 g/mol. The van der Waals surface area contributed by atoms with Crippen LogP contribution in [-0.2, 0) is 14.8 Å². The Hall–Kier alpha value is -3.62. The number of carbonyl (C=O) groups is 1. The van der Waals surface area contributed by atoms with Gasteiger partial charge in [-0.3, -0.25) is 4.79 Å². The van der Waals surface area contributed by atoms with Crippen molar-refractivity contribution in [3.63, 3.8) is 0 Å². The van der Waals surface area contributed by atoms with Gasteiger partial charge in [-0.2, -0.15) is 13.2 Å². The van der Waals surface area contributed by atoms with E-state index in [0.29, 0.717) is 17.0 Å². The van der Waals surface area contributed by atoms with Gasteiger partial charge in [0.15, 0.2) is 11.1 Å². The van der Waals surface area contributed by atoms with Crippen molar-refractivity contribution in [2.75, 3.05) is 19.4 Å². The number of oxazole rings is 1. The minimum Gasteiger partial charge on any atom is -0.490 e. The molecule has 202 valence electrons. The van der Waals surface area contributed by atoms with Gasteiger partial charge in [-0.15, -0.1) is 0 Å². The lowest BCUT2D eigenvalue weighted by Gasteiger charge is -2.34. The lowest BCUT2D eigenvalue weighted by Crippen LogP contribution is -2.54. The number of rotatable bonds is 7. The molecule has 1 amide bonds. The summed E-state index contributed by atoms with van der Waals surface area (Å²) in [5.74, 6) is -1.61. The molecule has 0 aliphatic carbocycles. The van der Waals surface area contributed by atoms with Gasteiger partial charge in [0.2, 0.25) is 15.9 Å². The van der Waals surface area contributed by atoms with Gasteiger partial charge in [-0.05, 0) is 24.6 Å². The van der Waals surface area contributed by atoms with Crippen LogP contribution in [-0.4, -0.2) is 62.1 Å². The minimum absolute atomic E-state index is 0.00959. The molecular weight excluding hydrogens is 527 g/mol. The van der Waals surface area contributed by atoms with E-state index in [0.717, 1.165) is 11.3 Å². The van der Waals surface area contributed by atoms with Crippen LogP contribution in [0.1, 0.15) is 24.3 Å². The van der Waals surface area contributed by atoms with Crippen molar-refractivity contribution < 1.29 is 35.5 Å². The van der Waals surface area contributed by atoms with Crippen molar-refractivity contribution in [2.24, 2.45) is 0 Å². The highest BCUT2D eigenvalue weighted by Gasteiger charge is 2.58. The average Bonchev–Trinajstić information content (AvgIpc) is 3.44. The van der Waals surface area contributed by atoms with Crippen LogP contribution in [0.3, 0.4) is 0 Å². The topological polar surface area (TPSA) is 126 Å². The largest absolute Gasteiger partial charge is 0.490 e. The average molecular weight is 552 g/mol. The van der Waals surface area contributed by atoms with E-state index in [4.69, 9.17) is 9.15 Å². The van der Waals surface area contributed by atoms with Crippen LogP contribution in [0.25, 0.3) is 16.7 Å². The molecule has 0 spiro atoms. The number of para-hydroxylation sites is 1. The van der Waals surface area contributed by atoms with Crippen LogP contribution >= 0.6 is 0 Å². The molecule has 5 rings (SSSR count). The lowest BCUT2D eigenvalue weighted by atomic mass is 9.89. The van der Waals surface area contributed by atoms with E-state index in [1.54, 1.807) is 55.5 Å². The maximum absolute atomic E-state index is 14.0. The molecule has 3 N–H and O–H groups in total. The Labute approximate surface area is 215 Å². The van der Waals surface area contributed by atoms with Gasteiger partial charge >= 0.3 is 6.18 Å². The molecule has 1 aromatic heterocycles. The minimum atomic E-state index is -4.62. The Morgan fingerprint density at radius 3 is 2.58 bits per heavy atom. The van der Waals surface area contributed by atoms with E-state index >= 15 is 0 Å². The van der Waals surface area contributed by atoms with Crippen LogP contribution in [0.5, 0.6) is 5.75 Å². The molecule has 3 aromatic rings. The standard InChI is InChI=1S/C24H24F3N5O5S/c1-13-17(22-30-19-15(9-6-10-16(19)37-22)36-12-11-28-38(2,34)35)23(33)32-21(29-13)18(14-7-4-3-5-8-14)20(31-32)24(25,26)27/h3-10,18,20-21,28-29,31H,11-12H2,1-2H3. The Balaban J connectivity index is 1.45. The third kappa shape index (κ3) is 4.93. The van der Waals surface area contributed by atoms with E-state index in [9.17, 15) is 26.4 Å². The van der Waals surface area contributed by atoms with Gasteiger partial charge in [0.1, 0.15) is 30.1 Å². The van der Waals surface area contributed by atoms with Crippen LogP contribution in [0, 0.1) is 0 Å². The first-order valence-electron chi connectivity index (χ1n) is 11.6. The van der Waals surface area contributed by atoms with E-state index in [1.165, 1.54) is 0 Å². The summed E-state index contributed by atoms with van der Waals surface area (Å²) >= 11 is 0. The van der Waals surface area contributed by atoms with Gasteiger partial charge in [0.05, 0.1) is 12.2 Å². The number of alkyl halides is 3. The van der Waals surface area contributed by atoms with Crippen LogP contribution in [0.15, 0.2) is 58.6 Å². The fraction of sp³-hybridized carbons (Fsp3) is 0.333. The molecule has 38 heavy (non-hydrogen) atoms. The fourth-order valence-corrected chi connectivity index (χ4v) is 5.13. The predicted molar refractivity (Wildman–Crippen MR) is 131 cm³/mol.